The molecule has 1 aliphatic carbocycles. The molecule has 68 valence electrons. The highest BCUT2D eigenvalue weighted by Crippen LogP contribution is 2.27. The predicted octanol–water partition coefficient (Wildman–Crippen LogP) is 1.62. The smallest absolute Gasteiger partial charge is 0.0415 e. The minimum absolute atomic E-state index is 1.02. The summed E-state index contributed by atoms with van der Waals surface area (Å²) < 4.78 is 0. The summed E-state index contributed by atoms with van der Waals surface area (Å²) in [7, 11) is 0. The van der Waals surface area contributed by atoms with Gasteiger partial charge in [-0.15, -0.1) is 0 Å². The molecule has 0 atom stereocenters. The number of rotatable bonds is 0. The fourth-order valence-corrected chi connectivity index (χ4v) is 2.39. The van der Waals surface area contributed by atoms with Crippen molar-refractivity contribution < 1.29 is 0 Å². The molecule has 0 radical (unpaired) electrons. The zero-order valence-electron chi connectivity index (χ0n) is 7.69. The Bertz CT molecular complexity index is 360. The number of hydrogen-bond acceptors (Lipinski definition) is 1. The van der Waals surface area contributed by atoms with Gasteiger partial charge in [0.15, 0.2) is 0 Å². The number of allylic oxidation sites excluding steroid dienone is 1. The summed E-state index contributed by atoms with van der Waals surface area (Å²) in [5.74, 6) is 0. The van der Waals surface area contributed by atoms with Gasteiger partial charge in [-0.3, -0.25) is 0 Å². The molecular weight excluding hydrogens is 160 g/mol. The fraction of sp³-hybridized carbons (Fsp3) is 0.455. The highest BCUT2D eigenvalue weighted by Gasteiger charge is 2.19. The summed E-state index contributed by atoms with van der Waals surface area (Å²) in [5, 5.41) is 3.39. The van der Waals surface area contributed by atoms with Crippen molar-refractivity contribution in [2.24, 2.45) is 0 Å². The molecule has 0 saturated carbocycles. The second kappa shape index (κ2) is 2.74. The lowest BCUT2D eigenvalue weighted by Gasteiger charge is -2.14. The molecular formula is C11H14N2. The van der Waals surface area contributed by atoms with E-state index in [-0.39, 0.29) is 0 Å². The van der Waals surface area contributed by atoms with Crippen molar-refractivity contribution in [3.05, 3.63) is 28.6 Å². The maximum atomic E-state index is 3.50. The lowest BCUT2D eigenvalue weighted by Crippen LogP contribution is -2.23. The van der Waals surface area contributed by atoms with E-state index in [1.54, 1.807) is 11.1 Å². The average Bonchev–Trinajstić information content (AvgIpc) is 2.56. The standard InChI is InChI=1S/C11H14N2/c1-2-4-10-8(3-1)9-5-6-12-7-11(9)13-10/h2,4,12-13H,1,3,5-7H2. The first-order valence-corrected chi connectivity index (χ1v) is 5.05. The van der Waals surface area contributed by atoms with Gasteiger partial charge in [-0.1, -0.05) is 6.08 Å². The molecule has 0 unspecified atom stereocenters. The Morgan fingerprint density at radius 1 is 1.15 bits per heavy atom. The summed E-state index contributed by atoms with van der Waals surface area (Å²) in [6, 6.07) is 0. The molecule has 0 amide bonds. The molecule has 2 aliphatic rings. The first-order chi connectivity index (χ1) is 6.45. The fourth-order valence-electron chi connectivity index (χ4n) is 2.39. The molecule has 1 aromatic rings. The molecule has 1 aliphatic heterocycles. The zero-order valence-corrected chi connectivity index (χ0v) is 7.69. The van der Waals surface area contributed by atoms with Crippen LogP contribution in [0.15, 0.2) is 6.08 Å². The number of H-pyrrole nitrogens is 1. The maximum Gasteiger partial charge on any atom is 0.0415 e. The SMILES string of the molecule is C1=Cc2[nH]c3c(c2CC1)CCNC3. The Morgan fingerprint density at radius 2 is 2.15 bits per heavy atom. The third-order valence-electron chi connectivity index (χ3n) is 3.04. The van der Waals surface area contributed by atoms with E-state index in [2.05, 4.69) is 22.5 Å². The van der Waals surface area contributed by atoms with E-state index in [4.69, 9.17) is 0 Å². The van der Waals surface area contributed by atoms with Crippen LogP contribution in [0.1, 0.15) is 28.9 Å². The highest BCUT2D eigenvalue weighted by atomic mass is 14.9. The summed E-state index contributed by atoms with van der Waals surface area (Å²) >= 11 is 0. The molecule has 0 saturated heterocycles. The normalized spacial score (nSPS) is 19.7. The minimum Gasteiger partial charge on any atom is -0.357 e. The van der Waals surface area contributed by atoms with Crippen LogP contribution < -0.4 is 5.32 Å². The van der Waals surface area contributed by atoms with Gasteiger partial charge < -0.3 is 10.3 Å². The van der Waals surface area contributed by atoms with Gasteiger partial charge in [-0.05, 0) is 43.0 Å². The number of aromatic amines is 1. The Labute approximate surface area is 78.0 Å². The zero-order chi connectivity index (χ0) is 8.67. The van der Waals surface area contributed by atoms with Crippen LogP contribution in [-0.2, 0) is 19.4 Å². The van der Waals surface area contributed by atoms with Crippen molar-refractivity contribution in [3.8, 4) is 0 Å². The molecule has 13 heavy (non-hydrogen) atoms. The van der Waals surface area contributed by atoms with E-state index in [1.165, 1.54) is 30.7 Å². The van der Waals surface area contributed by atoms with Gasteiger partial charge in [0.2, 0.25) is 0 Å². The Morgan fingerprint density at radius 3 is 3.15 bits per heavy atom. The van der Waals surface area contributed by atoms with Gasteiger partial charge in [-0.25, -0.2) is 0 Å². The Hall–Kier alpha value is -1.02. The quantitative estimate of drug-likeness (QED) is 0.614. The van der Waals surface area contributed by atoms with Gasteiger partial charge in [0.1, 0.15) is 0 Å². The first-order valence-electron chi connectivity index (χ1n) is 5.05. The van der Waals surface area contributed by atoms with E-state index < -0.39 is 0 Å². The molecule has 0 aromatic carbocycles. The van der Waals surface area contributed by atoms with Gasteiger partial charge in [0, 0.05) is 17.9 Å². The van der Waals surface area contributed by atoms with Gasteiger partial charge in [0.25, 0.3) is 0 Å². The lowest BCUT2D eigenvalue weighted by atomic mass is 9.96. The van der Waals surface area contributed by atoms with Crippen molar-refractivity contribution in [1.82, 2.24) is 10.3 Å². The van der Waals surface area contributed by atoms with Crippen LogP contribution in [0.3, 0.4) is 0 Å². The molecule has 0 spiro atoms. The number of aromatic nitrogens is 1. The molecule has 2 heteroatoms. The van der Waals surface area contributed by atoms with Crippen LogP contribution >= 0.6 is 0 Å². The van der Waals surface area contributed by atoms with E-state index in [1.807, 2.05) is 0 Å². The lowest BCUT2D eigenvalue weighted by molar-refractivity contribution is 0.632. The van der Waals surface area contributed by atoms with E-state index in [0.717, 1.165) is 13.1 Å². The number of fused-ring (bicyclic) bond motifs is 3. The maximum absolute atomic E-state index is 3.50. The summed E-state index contributed by atoms with van der Waals surface area (Å²) in [6.45, 7) is 2.16. The molecule has 2 nitrogen and oxygen atoms in total. The highest BCUT2D eigenvalue weighted by molar-refractivity contribution is 5.57. The summed E-state index contributed by atoms with van der Waals surface area (Å²) in [6.07, 6.45) is 8.15. The van der Waals surface area contributed by atoms with Crippen molar-refractivity contribution >= 4 is 6.08 Å². The van der Waals surface area contributed by atoms with Crippen LogP contribution in [-0.4, -0.2) is 11.5 Å². The van der Waals surface area contributed by atoms with Crippen LogP contribution in [0.25, 0.3) is 6.08 Å². The molecule has 0 bridgehead atoms. The number of nitrogens with one attached hydrogen (secondary N) is 2. The molecule has 2 heterocycles. The number of hydrogen-bond donors (Lipinski definition) is 2. The molecule has 0 fully saturated rings. The largest absolute Gasteiger partial charge is 0.357 e. The van der Waals surface area contributed by atoms with Crippen molar-refractivity contribution in [2.75, 3.05) is 6.54 Å². The predicted molar refractivity (Wildman–Crippen MR) is 53.6 cm³/mol. The van der Waals surface area contributed by atoms with Crippen LogP contribution in [0.2, 0.25) is 0 Å². The average molecular weight is 174 g/mol. The third kappa shape index (κ3) is 1.05. The first kappa shape index (κ1) is 7.39. The van der Waals surface area contributed by atoms with Crippen LogP contribution in [0, 0.1) is 0 Å². The van der Waals surface area contributed by atoms with Crippen molar-refractivity contribution in [1.29, 1.82) is 0 Å². The van der Waals surface area contributed by atoms with E-state index >= 15 is 0 Å². The van der Waals surface area contributed by atoms with Gasteiger partial charge in [0.05, 0.1) is 0 Å². The summed E-state index contributed by atoms with van der Waals surface area (Å²) in [5.41, 5.74) is 5.96. The van der Waals surface area contributed by atoms with Gasteiger partial charge in [-0.2, -0.15) is 0 Å². The van der Waals surface area contributed by atoms with Gasteiger partial charge >= 0.3 is 0 Å². The summed E-state index contributed by atoms with van der Waals surface area (Å²) in [4.78, 5) is 3.50. The van der Waals surface area contributed by atoms with Crippen LogP contribution in [0.4, 0.5) is 0 Å². The van der Waals surface area contributed by atoms with E-state index in [9.17, 15) is 0 Å². The molecule has 1 aromatic heterocycles. The Kier molecular flexibility index (Phi) is 1.56. The monoisotopic (exact) mass is 174 g/mol. The van der Waals surface area contributed by atoms with Crippen molar-refractivity contribution in [3.63, 3.8) is 0 Å². The van der Waals surface area contributed by atoms with Crippen LogP contribution in [0.5, 0.6) is 0 Å². The van der Waals surface area contributed by atoms with E-state index in [0.29, 0.717) is 0 Å². The van der Waals surface area contributed by atoms with Crippen molar-refractivity contribution in [2.45, 2.75) is 25.8 Å². The second-order valence-corrected chi connectivity index (χ2v) is 3.84. The second-order valence-electron chi connectivity index (χ2n) is 3.84. The molecule has 3 rings (SSSR count). The third-order valence-corrected chi connectivity index (χ3v) is 3.04. The Balaban J connectivity index is 2.15. The topological polar surface area (TPSA) is 27.8 Å². The molecule has 2 N–H and O–H groups in total. The minimum atomic E-state index is 1.02.